The minimum Gasteiger partial charge on any atom is -0.497 e. The Labute approximate surface area is 228 Å². The highest BCUT2D eigenvalue weighted by Crippen LogP contribution is 2.34. The van der Waals surface area contributed by atoms with Crippen molar-refractivity contribution in [3.8, 4) is 11.5 Å². The van der Waals surface area contributed by atoms with E-state index in [0.717, 1.165) is 5.56 Å². The molecule has 0 aliphatic rings. The first kappa shape index (κ1) is 28.7. The molecule has 202 valence electrons. The summed E-state index contributed by atoms with van der Waals surface area (Å²) in [4.78, 5) is 42.3. The highest BCUT2D eigenvalue weighted by molar-refractivity contribution is 7.12. The van der Waals surface area contributed by atoms with Gasteiger partial charge in [0.25, 0.3) is 5.91 Å². The number of carbonyl (C=O) groups excluding carboxylic acids is 3. The highest BCUT2D eigenvalue weighted by atomic mass is 32.1. The fourth-order valence-electron chi connectivity index (χ4n) is 3.76. The van der Waals surface area contributed by atoms with Crippen LogP contribution in [0.25, 0.3) is 0 Å². The van der Waals surface area contributed by atoms with Crippen LogP contribution in [0.3, 0.4) is 0 Å². The van der Waals surface area contributed by atoms with E-state index >= 15 is 0 Å². The number of aryl methyl sites for hydroxylation is 1. The number of ether oxygens (including phenoxy) is 2. The van der Waals surface area contributed by atoms with Gasteiger partial charge >= 0.3 is 0 Å². The predicted octanol–water partition coefficient (Wildman–Crippen LogP) is 4.88. The first-order valence-corrected chi connectivity index (χ1v) is 13.2. The summed E-state index contributed by atoms with van der Waals surface area (Å²) >= 11 is 1.28. The second-order valence-electron chi connectivity index (χ2n) is 9.53. The largest absolute Gasteiger partial charge is 0.497 e. The van der Waals surface area contributed by atoms with Gasteiger partial charge in [0.1, 0.15) is 17.5 Å². The molecule has 2 N–H and O–H groups in total. The lowest BCUT2D eigenvalue weighted by atomic mass is 9.97. The maximum Gasteiger partial charge on any atom is 0.261 e. The lowest BCUT2D eigenvalue weighted by Gasteiger charge is -2.35. The quantitative estimate of drug-likeness (QED) is 0.363. The number of rotatable bonds is 11. The summed E-state index contributed by atoms with van der Waals surface area (Å²) < 4.78 is 10.9. The van der Waals surface area contributed by atoms with E-state index in [4.69, 9.17) is 9.47 Å². The summed E-state index contributed by atoms with van der Waals surface area (Å²) in [6, 6.07) is 14.9. The number of thiophene rings is 1. The van der Waals surface area contributed by atoms with Crippen molar-refractivity contribution in [1.29, 1.82) is 0 Å². The number of methoxy groups -OCH3 is 2. The van der Waals surface area contributed by atoms with Gasteiger partial charge in [0.05, 0.1) is 31.3 Å². The molecular weight excluding hydrogens is 502 g/mol. The molecule has 8 nitrogen and oxygen atoms in total. The van der Waals surface area contributed by atoms with E-state index in [2.05, 4.69) is 10.6 Å². The van der Waals surface area contributed by atoms with Crippen LogP contribution in [0.4, 0.5) is 5.69 Å². The van der Waals surface area contributed by atoms with E-state index < -0.39 is 17.5 Å². The summed E-state index contributed by atoms with van der Waals surface area (Å²) in [7, 11) is 3.03. The van der Waals surface area contributed by atoms with Gasteiger partial charge in [-0.05, 0) is 44.2 Å². The van der Waals surface area contributed by atoms with Crippen LogP contribution >= 0.6 is 11.3 Å². The molecule has 2 aromatic carbocycles. The number of hydrogen-bond acceptors (Lipinski definition) is 6. The smallest absolute Gasteiger partial charge is 0.261 e. The van der Waals surface area contributed by atoms with Gasteiger partial charge in [-0.3, -0.25) is 19.3 Å². The van der Waals surface area contributed by atoms with Crippen LogP contribution in [0, 0.1) is 6.92 Å². The Morgan fingerprint density at radius 3 is 2.16 bits per heavy atom. The molecule has 0 spiro atoms. The standard InChI is InChI=1S/C29H35N3O5S/c1-7-29(3,4)31-28(35)26(20-12-10-19(2)11-13-20)32(21-15-22(36-5)17-23(16-21)37-6)25(33)18-30-27(34)24-9-8-14-38-24/h8-17,26H,7,18H2,1-6H3,(H,30,34)(H,31,35)/t26-/m0/s1. The van der Waals surface area contributed by atoms with E-state index in [1.807, 2.05) is 52.0 Å². The molecule has 3 rings (SSSR count). The van der Waals surface area contributed by atoms with Crippen molar-refractivity contribution < 1.29 is 23.9 Å². The minimum absolute atomic E-state index is 0.316. The first-order chi connectivity index (χ1) is 18.1. The van der Waals surface area contributed by atoms with Crippen LogP contribution in [0.2, 0.25) is 0 Å². The first-order valence-electron chi connectivity index (χ1n) is 12.3. The molecule has 0 unspecified atom stereocenters. The summed E-state index contributed by atoms with van der Waals surface area (Å²) in [5.74, 6) is -0.269. The van der Waals surface area contributed by atoms with Crippen LogP contribution < -0.4 is 25.0 Å². The van der Waals surface area contributed by atoms with Crippen LogP contribution in [0.15, 0.2) is 60.0 Å². The molecule has 1 heterocycles. The van der Waals surface area contributed by atoms with Gasteiger partial charge in [-0.25, -0.2) is 0 Å². The summed E-state index contributed by atoms with van der Waals surface area (Å²) in [6.07, 6.45) is 0.692. The van der Waals surface area contributed by atoms with Crippen molar-refractivity contribution in [2.45, 2.75) is 45.7 Å². The van der Waals surface area contributed by atoms with E-state index in [0.29, 0.717) is 34.0 Å². The Kier molecular flexibility index (Phi) is 9.52. The highest BCUT2D eigenvalue weighted by Gasteiger charge is 2.35. The molecule has 3 amide bonds. The topological polar surface area (TPSA) is 97.0 Å². The second-order valence-corrected chi connectivity index (χ2v) is 10.5. The fourth-order valence-corrected chi connectivity index (χ4v) is 4.40. The molecule has 3 aromatic rings. The lowest BCUT2D eigenvalue weighted by molar-refractivity contribution is -0.127. The Balaban J connectivity index is 2.11. The predicted molar refractivity (Wildman–Crippen MR) is 150 cm³/mol. The average Bonchev–Trinajstić information content (AvgIpc) is 3.45. The SMILES string of the molecule is CCC(C)(C)NC(=O)[C@H](c1ccc(C)cc1)N(C(=O)CNC(=O)c1cccs1)c1cc(OC)cc(OC)c1. The Bertz CT molecular complexity index is 1230. The third-order valence-corrected chi connectivity index (χ3v) is 7.14. The fraction of sp³-hybridized carbons (Fsp3) is 0.345. The summed E-state index contributed by atoms with van der Waals surface area (Å²) in [6.45, 7) is 7.48. The van der Waals surface area contributed by atoms with Crippen LogP contribution in [0.5, 0.6) is 11.5 Å². The van der Waals surface area contributed by atoms with E-state index in [1.54, 1.807) is 35.7 Å². The van der Waals surface area contributed by atoms with Crippen LogP contribution in [-0.2, 0) is 9.59 Å². The lowest BCUT2D eigenvalue weighted by Crippen LogP contribution is -2.52. The molecule has 0 bridgehead atoms. The average molecular weight is 538 g/mol. The zero-order valence-corrected chi connectivity index (χ0v) is 23.5. The van der Waals surface area contributed by atoms with Crippen molar-refractivity contribution in [3.05, 3.63) is 76.0 Å². The third kappa shape index (κ3) is 7.13. The van der Waals surface area contributed by atoms with Gasteiger partial charge in [-0.2, -0.15) is 0 Å². The number of anilines is 1. The number of benzene rings is 2. The maximum atomic E-state index is 13.9. The summed E-state index contributed by atoms with van der Waals surface area (Å²) in [5, 5.41) is 7.57. The minimum atomic E-state index is -1.02. The molecule has 0 saturated heterocycles. The van der Waals surface area contributed by atoms with Crippen LogP contribution in [-0.4, -0.2) is 44.0 Å². The monoisotopic (exact) mass is 537 g/mol. The van der Waals surface area contributed by atoms with Gasteiger partial charge in [-0.15, -0.1) is 11.3 Å². The molecule has 1 atom stereocenters. The van der Waals surface area contributed by atoms with E-state index in [1.165, 1.54) is 30.5 Å². The third-order valence-electron chi connectivity index (χ3n) is 6.27. The van der Waals surface area contributed by atoms with Crippen molar-refractivity contribution in [2.24, 2.45) is 0 Å². The van der Waals surface area contributed by atoms with Crippen molar-refractivity contribution in [2.75, 3.05) is 25.7 Å². The molecule has 38 heavy (non-hydrogen) atoms. The number of amides is 3. The molecular formula is C29H35N3O5S. The Hall–Kier alpha value is -3.85. The van der Waals surface area contributed by atoms with E-state index in [9.17, 15) is 14.4 Å². The van der Waals surface area contributed by atoms with Crippen molar-refractivity contribution in [1.82, 2.24) is 10.6 Å². The van der Waals surface area contributed by atoms with Gasteiger partial charge in [-0.1, -0.05) is 42.8 Å². The van der Waals surface area contributed by atoms with Crippen molar-refractivity contribution in [3.63, 3.8) is 0 Å². The normalized spacial score (nSPS) is 11.8. The van der Waals surface area contributed by atoms with Gasteiger partial charge in [0.2, 0.25) is 11.8 Å². The molecule has 0 aliphatic carbocycles. The number of hydrogen-bond donors (Lipinski definition) is 2. The number of nitrogens with one attached hydrogen (secondary N) is 2. The molecule has 0 saturated carbocycles. The Morgan fingerprint density at radius 2 is 1.63 bits per heavy atom. The molecule has 0 aliphatic heterocycles. The van der Waals surface area contributed by atoms with E-state index in [-0.39, 0.29) is 18.4 Å². The maximum absolute atomic E-state index is 13.9. The van der Waals surface area contributed by atoms with Crippen LogP contribution in [0.1, 0.15) is 54.0 Å². The zero-order valence-electron chi connectivity index (χ0n) is 22.7. The van der Waals surface area contributed by atoms with Gasteiger partial charge in [0, 0.05) is 23.7 Å². The van der Waals surface area contributed by atoms with Gasteiger partial charge < -0.3 is 20.1 Å². The van der Waals surface area contributed by atoms with Crippen molar-refractivity contribution >= 4 is 34.7 Å². The molecule has 0 fully saturated rings. The second kappa shape index (κ2) is 12.6. The number of nitrogens with zero attached hydrogens (tertiary/aromatic N) is 1. The zero-order chi connectivity index (χ0) is 27.9. The Morgan fingerprint density at radius 1 is 1.00 bits per heavy atom. The summed E-state index contributed by atoms with van der Waals surface area (Å²) in [5.41, 5.74) is 1.53. The number of carbonyl (C=O) groups is 3. The molecule has 1 aromatic heterocycles. The molecule has 9 heteroatoms. The molecule has 0 radical (unpaired) electrons. The van der Waals surface area contributed by atoms with Gasteiger partial charge in [0.15, 0.2) is 0 Å².